The first-order valence-corrected chi connectivity index (χ1v) is 9.18. The van der Waals surface area contributed by atoms with Gasteiger partial charge in [0.15, 0.2) is 0 Å². The predicted molar refractivity (Wildman–Crippen MR) is 96.9 cm³/mol. The van der Waals surface area contributed by atoms with Crippen molar-refractivity contribution in [2.45, 2.75) is 18.2 Å². The lowest BCUT2D eigenvalue weighted by Crippen LogP contribution is -2.14. The first-order chi connectivity index (χ1) is 12.3. The Kier molecular flexibility index (Phi) is 4.56. The summed E-state index contributed by atoms with van der Waals surface area (Å²) in [6.07, 6.45) is 0.139. The van der Waals surface area contributed by atoms with E-state index >= 15 is 0 Å². The van der Waals surface area contributed by atoms with Crippen molar-refractivity contribution < 1.29 is 22.7 Å². The number of methoxy groups -OCH3 is 1. The van der Waals surface area contributed by atoms with E-state index in [0.717, 1.165) is 0 Å². The van der Waals surface area contributed by atoms with Crippen LogP contribution in [-0.4, -0.2) is 27.3 Å². The molecule has 0 aliphatic carbocycles. The van der Waals surface area contributed by atoms with Crippen LogP contribution >= 0.6 is 0 Å². The van der Waals surface area contributed by atoms with E-state index in [9.17, 15) is 18.0 Å². The fraction of sp³-hybridized carbons (Fsp3) is 0.176. The molecule has 0 fully saturated rings. The molecule has 1 aliphatic heterocycles. The van der Waals surface area contributed by atoms with Crippen LogP contribution in [0.1, 0.15) is 12.5 Å². The zero-order valence-electron chi connectivity index (χ0n) is 14.1. The second-order valence-electron chi connectivity index (χ2n) is 5.75. The second-order valence-corrected chi connectivity index (χ2v) is 7.43. The average molecular weight is 375 g/mol. The fourth-order valence-corrected chi connectivity index (χ4v) is 3.76. The summed E-state index contributed by atoms with van der Waals surface area (Å²) in [4.78, 5) is 22.7. The third-order valence-corrected chi connectivity index (χ3v) is 5.14. The minimum absolute atomic E-state index is 0.0275. The van der Waals surface area contributed by atoms with Crippen molar-refractivity contribution in [3.8, 4) is 5.75 Å². The minimum Gasteiger partial charge on any atom is -0.495 e. The fourth-order valence-electron chi connectivity index (χ4n) is 2.65. The summed E-state index contributed by atoms with van der Waals surface area (Å²) in [7, 11) is -2.50. The van der Waals surface area contributed by atoms with Crippen LogP contribution in [0.3, 0.4) is 0 Å². The van der Waals surface area contributed by atoms with Crippen LogP contribution in [0.2, 0.25) is 0 Å². The normalized spacial score (nSPS) is 12.9. The van der Waals surface area contributed by atoms with E-state index in [2.05, 4.69) is 15.4 Å². The highest BCUT2D eigenvalue weighted by molar-refractivity contribution is 7.92. The van der Waals surface area contributed by atoms with Gasteiger partial charge in [-0.25, -0.2) is 8.42 Å². The van der Waals surface area contributed by atoms with Crippen LogP contribution in [0, 0.1) is 0 Å². The number of rotatable bonds is 5. The van der Waals surface area contributed by atoms with E-state index in [1.807, 2.05) is 0 Å². The van der Waals surface area contributed by atoms with Gasteiger partial charge in [-0.1, -0.05) is 0 Å². The second kappa shape index (κ2) is 6.68. The van der Waals surface area contributed by atoms with Gasteiger partial charge >= 0.3 is 0 Å². The molecule has 1 heterocycles. The summed E-state index contributed by atoms with van der Waals surface area (Å²) in [5.74, 6) is -0.146. The number of hydrogen-bond acceptors (Lipinski definition) is 5. The molecule has 0 spiro atoms. The molecule has 0 saturated heterocycles. The molecule has 136 valence electrons. The lowest BCUT2D eigenvalue weighted by atomic mass is 10.2. The summed E-state index contributed by atoms with van der Waals surface area (Å²) in [6.45, 7) is 1.36. The molecule has 0 aromatic heterocycles. The van der Waals surface area contributed by atoms with Crippen molar-refractivity contribution in [2.75, 3.05) is 22.5 Å². The Morgan fingerprint density at radius 1 is 1.19 bits per heavy atom. The summed E-state index contributed by atoms with van der Waals surface area (Å²) < 4.78 is 33.1. The molecule has 3 rings (SSSR count). The van der Waals surface area contributed by atoms with Crippen LogP contribution in [0.15, 0.2) is 41.3 Å². The molecule has 2 amide bonds. The van der Waals surface area contributed by atoms with Crippen LogP contribution in [-0.2, 0) is 26.0 Å². The van der Waals surface area contributed by atoms with E-state index in [1.54, 1.807) is 18.2 Å². The van der Waals surface area contributed by atoms with Crippen molar-refractivity contribution in [1.82, 2.24) is 0 Å². The zero-order chi connectivity index (χ0) is 18.9. The smallest absolute Gasteiger partial charge is 0.262 e. The Bertz CT molecular complexity index is 1000. The molecule has 0 bridgehead atoms. The van der Waals surface area contributed by atoms with Gasteiger partial charge in [0, 0.05) is 18.3 Å². The van der Waals surface area contributed by atoms with E-state index < -0.39 is 10.0 Å². The van der Waals surface area contributed by atoms with E-state index in [0.29, 0.717) is 22.7 Å². The Hall–Kier alpha value is -3.07. The number of amides is 2. The summed E-state index contributed by atoms with van der Waals surface area (Å²) in [5, 5.41) is 5.24. The molecular weight excluding hydrogens is 358 g/mol. The molecule has 0 radical (unpaired) electrons. The largest absolute Gasteiger partial charge is 0.495 e. The molecule has 3 N–H and O–H groups in total. The highest BCUT2D eigenvalue weighted by atomic mass is 32.2. The number of anilines is 3. The lowest BCUT2D eigenvalue weighted by molar-refractivity contribution is -0.115. The number of fused-ring (bicyclic) bond motifs is 1. The minimum atomic E-state index is -3.91. The number of carbonyl (C=O) groups is 2. The zero-order valence-corrected chi connectivity index (χ0v) is 14.9. The van der Waals surface area contributed by atoms with Crippen LogP contribution in [0.5, 0.6) is 5.75 Å². The highest BCUT2D eigenvalue weighted by Gasteiger charge is 2.23. The van der Waals surface area contributed by atoms with Crippen molar-refractivity contribution in [2.24, 2.45) is 0 Å². The Labute approximate surface area is 150 Å². The number of benzene rings is 2. The quantitative estimate of drug-likeness (QED) is 0.739. The molecular formula is C17H17N3O5S. The van der Waals surface area contributed by atoms with Crippen LogP contribution in [0.25, 0.3) is 0 Å². The first kappa shape index (κ1) is 17.7. The summed E-state index contributed by atoms with van der Waals surface area (Å²) in [5.41, 5.74) is 1.85. The SMILES string of the molecule is COc1ccc(NC(C)=O)cc1NS(=O)(=O)c1ccc2c(c1)CC(=O)N2. The Morgan fingerprint density at radius 2 is 1.96 bits per heavy atom. The summed E-state index contributed by atoms with van der Waals surface area (Å²) >= 11 is 0. The Balaban J connectivity index is 1.93. The standard InChI is InChI=1S/C17H17N3O5S/c1-10(21)18-12-3-6-16(25-2)15(9-12)20-26(23,24)13-4-5-14-11(7-13)8-17(22)19-14/h3-7,9,20H,8H2,1-2H3,(H,18,21)(H,19,22). The van der Waals surface area contributed by atoms with Crippen molar-refractivity contribution in [3.63, 3.8) is 0 Å². The maximum Gasteiger partial charge on any atom is 0.262 e. The molecule has 0 saturated carbocycles. The average Bonchev–Trinajstić information content (AvgIpc) is 2.93. The lowest BCUT2D eigenvalue weighted by Gasteiger charge is -2.14. The van der Waals surface area contributed by atoms with Gasteiger partial charge in [-0.05, 0) is 42.0 Å². The maximum absolute atomic E-state index is 12.7. The molecule has 2 aromatic carbocycles. The van der Waals surface area contributed by atoms with E-state index in [-0.39, 0.29) is 28.8 Å². The van der Waals surface area contributed by atoms with Gasteiger partial charge in [0.1, 0.15) is 5.75 Å². The molecule has 26 heavy (non-hydrogen) atoms. The van der Waals surface area contributed by atoms with Gasteiger partial charge in [-0.15, -0.1) is 0 Å². The van der Waals surface area contributed by atoms with Crippen molar-refractivity contribution in [1.29, 1.82) is 0 Å². The van der Waals surface area contributed by atoms with Gasteiger partial charge < -0.3 is 15.4 Å². The first-order valence-electron chi connectivity index (χ1n) is 7.70. The van der Waals surface area contributed by atoms with Gasteiger partial charge in [0.25, 0.3) is 10.0 Å². The number of nitrogens with one attached hydrogen (secondary N) is 3. The van der Waals surface area contributed by atoms with E-state index in [1.165, 1.54) is 32.2 Å². The Morgan fingerprint density at radius 3 is 2.65 bits per heavy atom. The number of ether oxygens (including phenoxy) is 1. The molecule has 8 nitrogen and oxygen atoms in total. The van der Waals surface area contributed by atoms with Gasteiger partial charge in [-0.3, -0.25) is 14.3 Å². The predicted octanol–water partition coefficient (Wildman–Crippen LogP) is 1.95. The van der Waals surface area contributed by atoms with Gasteiger partial charge in [0.2, 0.25) is 11.8 Å². The van der Waals surface area contributed by atoms with E-state index in [4.69, 9.17) is 4.74 Å². The number of sulfonamides is 1. The number of hydrogen-bond donors (Lipinski definition) is 3. The molecule has 9 heteroatoms. The van der Waals surface area contributed by atoms with Crippen LogP contribution < -0.4 is 20.1 Å². The van der Waals surface area contributed by atoms with Crippen molar-refractivity contribution >= 4 is 38.9 Å². The van der Waals surface area contributed by atoms with Crippen LogP contribution in [0.4, 0.5) is 17.1 Å². The molecule has 0 unspecified atom stereocenters. The molecule has 0 atom stereocenters. The highest BCUT2D eigenvalue weighted by Crippen LogP contribution is 2.31. The third kappa shape index (κ3) is 3.62. The van der Waals surface area contributed by atoms with Gasteiger partial charge in [-0.2, -0.15) is 0 Å². The molecule has 1 aliphatic rings. The monoisotopic (exact) mass is 375 g/mol. The maximum atomic E-state index is 12.7. The topological polar surface area (TPSA) is 114 Å². The third-order valence-electron chi connectivity index (χ3n) is 3.78. The number of carbonyl (C=O) groups excluding carboxylic acids is 2. The molecule has 2 aromatic rings. The van der Waals surface area contributed by atoms with Gasteiger partial charge in [0.05, 0.1) is 24.1 Å². The summed E-state index contributed by atoms with van der Waals surface area (Å²) in [6, 6.07) is 9.05. The van der Waals surface area contributed by atoms with Crippen molar-refractivity contribution in [3.05, 3.63) is 42.0 Å².